The second-order valence-electron chi connectivity index (χ2n) is 5.60. The number of rotatable bonds is 5. The molecule has 4 rings (SSSR count). The number of ether oxygens (including phenoxy) is 1. The number of aromatic nitrogens is 4. The maximum absolute atomic E-state index is 6.12. The first-order valence-corrected chi connectivity index (χ1v) is 8.15. The number of nitrogen functional groups attached to an aromatic ring is 1. The number of nitrogens with one attached hydrogen (secondary N) is 2. The van der Waals surface area contributed by atoms with E-state index in [0.717, 1.165) is 22.0 Å². The first-order valence-electron chi connectivity index (χ1n) is 7.78. The Morgan fingerprint density at radius 2 is 2.12 bits per heavy atom. The topological polar surface area (TPSA) is 115 Å². The molecule has 2 aromatic carbocycles. The fraction of sp³-hybridized carbons (Fsp3) is 0.118. The zero-order valence-corrected chi connectivity index (χ0v) is 14.5. The fourth-order valence-corrected chi connectivity index (χ4v) is 2.86. The van der Waals surface area contributed by atoms with Crippen molar-refractivity contribution in [3.63, 3.8) is 0 Å². The molecule has 9 heteroatoms. The van der Waals surface area contributed by atoms with E-state index in [2.05, 4.69) is 25.7 Å². The summed E-state index contributed by atoms with van der Waals surface area (Å²) in [6.07, 6.45) is 0. The highest BCUT2D eigenvalue weighted by Gasteiger charge is 2.11. The summed E-state index contributed by atoms with van der Waals surface area (Å²) in [5, 5.41) is 19.3. The highest BCUT2D eigenvalue weighted by atomic mass is 35.5. The van der Waals surface area contributed by atoms with Crippen molar-refractivity contribution in [3.8, 4) is 17.2 Å². The molecule has 26 heavy (non-hydrogen) atoms. The predicted octanol–water partition coefficient (Wildman–Crippen LogP) is 3.47. The smallest absolute Gasteiger partial charge is 0.316 e. The summed E-state index contributed by atoms with van der Waals surface area (Å²) in [6.45, 7) is 0.485. The van der Waals surface area contributed by atoms with Crippen LogP contribution in [0.3, 0.4) is 0 Å². The second-order valence-corrected chi connectivity index (χ2v) is 6.01. The molecule has 0 atom stereocenters. The van der Waals surface area contributed by atoms with Crippen LogP contribution in [0, 0.1) is 0 Å². The van der Waals surface area contributed by atoms with Crippen LogP contribution >= 0.6 is 11.6 Å². The van der Waals surface area contributed by atoms with Gasteiger partial charge >= 0.3 is 6.01 Å². The lowest BCUT2D eigenvalue weighted by Crippen LogP contribution is -1.99. The average Bonchev–Trinajstić information content (AvgIpc) is 3.27. The van der Waals surface area contributed by atoms with E-state index < -0.39 is 0 Å². The summed E-state index contributed by atoms with van der Waals surface area (Å²) >= 11 is 6.12. The highest BCUT2D eigenvalue weighted by molar-refractivity contribution is 6.32. The third-order valence-corrected chi connectivity index (χ3v) is 4.22. The summed E-state index contributed by atoms with van der Waals surface area (Å²) in [5.41, 5.74) is 8.40. The van der Waals surface area contributed by atoms with Crippen LogP contribution in [0.5, 0.6) is 5.75 Å². The molecule has 2 aromatic heterocycles. The van der Waals surface area contributed by atoms with Crippen molar-refractivity contribution in [3.05, 3.63) is 47.0 Å². The SMILES string of the molecule is COc1ccc(CNc2nnc(-c3ccc4[nH]nc(N)c4c3)o2)cc1Cl. The lowest BCUT2D eigenvalue weighted by Gasteiger charge is -2.06. The van der Waals surface area contributed by atoms with E-state index in [9.17, 15) is 0 Å². The quantitative estimate of drug-likeness (QED) is 0.492. The minimum Gasteiger partial charge on any atom is -0.495 e. The number of fused-ring (bicyclic) bond motifs is 1. The number of methoxy groups -OCH3 is 1. The van der Waals surface area contributed by atoms with Crippen LogP contribution in [-0.2, 0) is 6.54 Å². The Kier molecular flexibility index (Phi) is 4.10. The second kappa shape index (κ2) is 6.57. The molecule has 0 fully saturated rings. The van der Waals surface area contributed by atoms with Crippen LogP contribution in [0.2, 0.25) is 5.02 Å². The van der Waals surface area contributed by atoms with Crippen molar-refractivity contribution < 1.29 is 9.15 Å². The van der Waals surface area contributed by atoms with Gasteiger partial charge in [0.2, 0.25) is 5.89 Å². The Hall–Kier alpha value is -3.26. The van der Waals surface area contributed by atoms with E-state index in [4.69, 9.17) is 26.5 Å². The van der Waals surface area contributed by atoms with Gasteiger partial charge in [0.25, 0.3) is 0 Å². The van der Waals surface area contributed by atoms with E-state index in [1.165, 1.54) is 0 Å². The van der Waals surface area contributed by atoms with Crippen molar-refractivity contribution in [2.24, 2.45) is 0 Å². The van der Waals surface area contributed by atoms with Crippen LogP contribution in [0.15, 0.2) is 40.8 Å². The molecule has 0 aliphatic heterocycles. The van der Waals surface area contributed by atoms with Gasteiger partial charge in [-0.3, -0.25) is 5.10 Å². The summed E-state index contributed by atoms with van der Waals surface area (Å²) in [5.74, 6) is 1.45. The van der Waals surface area contributed by atoms with Gasteiger partial charge in [-0.25, -0.2) is 0 Å². The third-order valence-electron chi connectivity index (χ3n) is 3.92. The number of anilines is 2. The molecule has 0 bridgehead atoms. The Morgan fingerprint density at radius 3 is 2.92 bits per heavy atom. The van der Waals surface area contributed by atoms with Crippen LogP contribution < -0.4 is 15.8 Å². The molecule has 0 unspecified atom stereocenters. The molecule has 2 heterocycles. The van der Waals surface area contributed by atoms with Crippen molar-refractivity contribution >= 4 is 34.3 Å². The molecule has 0 aliphatic rings. The van der Waals surface area contributed by atoms with E-state index in [1.54, 1.807) is 7.11 Å². The van der Waals surface area contributed by atoms with Gasteiger partial charge in [0.05, 0.1) is 17.6 Å². The first kappa shape index (κ1) is 16.2. The van der Waals surface area contributed by atoms with Gasteiger partial charge in [-0.05, 0) is 35.9 Å². The van der Waals surface area contributed by atoms with Crippen LogP contribution in [0.1, 0.15) is 5.56 Å². The average molecular weight is 371 g/mol. The number of halogens is 1. The van der Waals surface area contributed by atoms with Crippen molar-refractivity contribution in [2.75, 3.05) is 18.2 Å². The maximum Gasteiger partial charge on any atom is 0.316 e. The Morgan fingerprint density at radius 1 is 1.23 bits per heavy atom. The zero-order valence-electron chi connectivity index (χ0n) is 13.8. The largest absolute Gasteiger partial charge is 0.495 e. The van der Waals surface area contributed by atoms with Crippen molar-refractivity contribution in [1.82, 2.24) is 20.4 Å². The Balaban J connectivity index is 1.50. The molecular weight excluding hydrogens is 356 g/mol. The number of benzene rings is 2. The first-order chi connectivity index (χ1) is 12.6. The van der Waals surface area contributed by atoms with E-state index in [-0.39, 0.29) is 0 Å². The lowest BCUT2D eigenvalue weighted by molar-refractivity contribution is 0.415. The number of H-pyrrole nitrogens is 1. The number of nitrogens with two attached hydrogens (primary N) is 1. The van der Waals surface area contributed by atoms with Crippen molar-refractivity contribution in [2.45, 2.75) is 6.54 Å². The molecule has 0 saturated heterocycles. The molecule has 4 aromatic rings. The van der Waals surface area contributed by atoms with E-state index in [1.807, 2.05) is 36.4 Å². The van der Waals surface area contributed by atoms with E-state index >= 15 is 0 Å². The van der Waals surface area contributed by atoms with Crippen LogP contribution in [0.4, 0.5) is 11.8 Å². The summed E-state index contributed by atoms with van der Waals surface area (Å²) in [4.78, 5) is 0. The number of hydrogen-bond donors (Lipinski definition) is 3. The van der Waals surface area contributed by atoms with Crippen LogP contribution in [0.25, 0.3) is 22.4 Å². The van der Waals surface area contributed by atoms with E-state index in [0.29, 0.717) is 35.0 Å². The van der Waals surface area contributed by atoms with Gasteiger partial charge in [-0.15, -0.1) is 5.10 Å². The van der Waals surface area contributed by atoms with Gasteiger partial charge in [0.1, 0.15) is 5.75 Å². The maximum atomic E-state index is 6.12. The third kappa shape index (κ3) is 3.02. The van der Waals surface area contributed by atoms with Gasteiger partial charge < -0.3 is 20.2 Å². The molecule has 132 valence electrons. The monoisotopic (exact) mass is 370 g/mol. The van der Waals surface area contributed by atoms with Gasteiger partial charge in [0, 0.05) is 17.5 Å². The Bertz CT molecular complexity index is 1070. The normalized spacial score (nSPS) is 11.0. The minimum atomic E-state index is 0.312. The summed E-state index contributed by atoms with van der Waals surface area (Å²) in [7, 11) is 1.58. The van der Waals surface area contributed by atoms with Crippen LogP contribution in [-0.4, -0.2) is 27.5 Å². The fourth-order valence-electron chi connectivity index (χ4n) is 2.58. The number of aromatic amines is 1. The standard InChI is InChI=1S/C17H15ClN6O2/c1-25-14-5-2-9(6-12(14)18)8-20-17-24-23-16(26-17)10-3-4-13-11(7-10)15(19)22-21-13/h2-7H,8H2,1H3,(H,20,24)(H3,19,21,22). The van der Waals surface area contributed by atoms with Gasteiger partial charge in [0.15, 0.2) is 5.82 Å². The molecule has 0 aliphatic carbocycles. The lowest BCUT2D eigenvalue weighted by atomic mass is 10.1. The summed E-state index contributed by atoms with van der Waals surface area (Å²) in [6, 6.07) is 11.4. The number of nitrogens with zero attached hydrogens (tertiary/aromatic N) is 3. The predicted molar refractivity (Wildman–Crippen MR) is 99.1 cm³/mol. The highest BCUT2D eigenvalue weighted by Crippen LogP contribution is 2.27. The zero-order chi connectivity index (χ0) is 18.1. The number of hydrogen-bond acceptors (Lipinski definition) is 7. The molecule has 0 saturated carbocycles. The van der Waals surface area contributed by atoms with Crippen molar-refractivity contribution in [1.29, 1.82) is 0 Å². The molecular formula is C17H15ClN6O2. The molecule has 0 spiro atoms. The molecule has 4 N–H and O–H groups in total. The minimum absolute atomic E-state index is 0.312. The molecule has 0 radical (unpaired) electrons. The Labute approximate surface area is 153 Å². The van der Waals surface area contributed by atoms with Gasteiger partial charge in [-0.2, -0.15) is 5.10 Å². The summed E-state index contributed by atoms with van der Waals surface area (Å²) < 4.78 is 10.8. The molecule has 8 nitrogen and oxygen atoms in total. The molecule has 0 amide bonds. The van der Waals surface area contributed by atoms with Gasteiger partial charge in [-0.1, -0.05) is 22.8 Å².